The van der Waals surface area contributed by atoms with Gasteiger partial charge in [-0.05, 0) is 32.6 Å². The zero-order valence-corrected chi connectivity index (χ0v) is 22.3. The highest BCUT2D eigenvalue weighted by Crippen LogP contribution is 2.55. The third-order valence-electron chi connectivity index (χ3n) is 6.56. The Morgan fingerprint density at radius 3 is 2.41 bits per heavy atom. The van der Waals surface area contributed by atoms with Crippen molar-refractivity contribution in [2.45, 2.75) is 80.2 Å². The van der Waals surface area contributed by atoms with E-state index in [0.717, 1.165) is 29.8 Å². The Balaban J connectivity index is 0.000000797. The summed E-state index contributed by atoms with van der Waals surface area (Å²) in [6, 6.07) is 0.238. The minimum absolute atomic E-state index is 0.0538. The molecule has 9 nitrogen and oxygen atoms in total. The number of aryl methyl sites for hydroxylation is 1. The molecule has 0 bridgehead atoms. The van der Waals surface area contributed by atoms with E-state index in [9.17, 15) is 4.79 Å². The van der Waals surface area contributed by atoms with Crippen molar-refractivity contribution in [2.75, 3.05) is 7.05 Å². The maximum absolute atomic E-state index is 12.8. The molecular weight excluding hydrogens is 430 g/mol. The quantitative estimate of drug-likeness (QED) is 0.482. The van der Waals surface area contributed by atoms with Gasteiger partial charge in [0.05, 0.1) is 12.3 Å². The molecule has 0 unspecified atom stereocenters. The van der Waals surface area contributed by atoms with Crippen molar-refractivity contribution in [2.24, 2.45) is 18.4 Å². The second-order valence-corrected chi connectivity index (χ2v) is 9.23. The van der Waals surface area contributed by atoms with Crippen molar-refractivity contribution in [3.8, 4) is 11.5 Å². The molecule has 2 heterocycles. The topological polar surface area (TPSA) is 102 Å². The molecule has 0 radical (unpaired) electrons. The van der Waals surface area contributed by atoms with Crippen LogP contribution >= 0.6 is 0 Å². The fraction of sp³-hybridized carbons (Fsp3) is 0.640. The van der Waals surface area contributed by atoms with Gasteiger partial charge in [0.25, 0.3) is 0 Å². The molecule has 2 aromatic rings. The number of hydrogen-bond acceptors (Lipinski definition) is 6. The summed E-state index contributed by atoms with van der Waals surface area (Å²) >= 11 is 0. The summed E-state index contributed by atoms with van der Waals surface area (Å²) in [7, 11) is 4.60. The largest absolute Gasteiger partial charge is 0.317 e. The van der Waals surface area contributed by atoms with Gasteiger partial charge in [0.2, 0.25) is 5.70 Å². The van der Waals surface area contributed by atoms with Gasteiger partial charge in [-0.25, -0.2) is 20.0 Å². The second-order valence-electron chi connectivity index (χ2n) is 9.23. The van der Waals surface area contributed by atoms with Crippen LogP contribution in [0.1, 0.15) is 81.0 Å². The number of Topliss-reactive ketones (excluding diaryl/α,β-unsaturated/α-hetero) is 1. The Morgan fingerprint density at radius 2 is 1.91 bits per heavy atom. The predicted molar refractivity (Wildman–Crippen MR) is 134 cm³/mol. The molecule has 0 aliphatic heterocycles. The van der Waals surface area contributed by atoms with Crippen molar-refractivity contribution in [1.29, 1.82) is 0 Å². The van der Waals surface area contributed by atoms with Crippen molar-refractivity contribution >= 4 is 5.78 Å². The van der Waals surface area contributed by atoms with E-state index in [4.69, 9.17) is 18.2 Å². The molecule has 2 atom stereocenters. The lowest BCUT2D eigenvalue weighted by Crippen LogP contribution is -2.50. The highest BCUT2D eigenvalue weighted by atomic mass is 16.5. The molecule has 34 heavy (non-hydrogen) atoms. The number of rotatable bonds is 2. The summed E-state index contributed by atoms with van der Waals surface area (Å²) < 4.78 is 9.45. The number of hydroxylamine groups is 1. The van der Waals surface area contributed by atoms with Gasteiger partial charge in [0.15, 0.2) is 11.6 Å². The first-order valence-corrected chi connectivity index (χ1v) is 11.5. The molecule has 2 aliphatic rings. The predicted octanol–water partition coefficient (Wildman–Crippen LogP) is 4.75. The van der Waals surface area contributed by atoms with Crippen LogP contribution in [0.5, 0.6) is 0 Å². The molecule has 0 aromatic carbocycles. The number of fused-ring (bicyclic) bond motifs is 3. The number of carbonyl (C=O) groups excluding carboxylic acids is 1. The summed E-state index contributed by atoms with van der Waals surface area (Å²) in [4.78, 5) is 20.9. The van der Waals surface area contributed by atoms with Gasteiger partial charge in [0.1, 0.15) is 12.0 Å². The van der Waals surface area contributed by atoms with Gasteiger partial charge in [-0.15, -0.1) is 5.10 Å². The number of allylic oxidation sites excluding steroid dienone is 2. The minimum atomic E-state index is -0.587. The monoisotopic (exact) mass is 473 g/mol. The van der Waals surface area contributed by atoms with E-state index in [2.05, 4.69) is 35.7 Å². The highest BCUT2D eigenvalue weighted by Gasteiger charge is 2.55. The van der Waals surface area contributed by atoms with E-state index < -0.39 is 10.8 Å². The molecule has 2 aliphatic carbocycles. The average Bonchev–Trinajstić information content (AvgIpc) is 3.44. The summed E-state index contributed by atoms with van der Waals surface area (Å²) in [6.45, 7) is 21.7. The molecule has 0 fully saturated rings. The number of nitrogens with one attached hydrogen (secondary N) is 1. The first-order chi connectivity index (χ1) is 16.5. The average molecular weight is 474 g/mol. The van der Waals surface area contributed by atoms with Crippen molar-refractivity contribution in [3.63, 3.8) is 0 Å². The fourth-order valence-electron chi connectivity index (χ4n) is 5.10. The van der Waals surface area contributed by atoms with Crippen LogP contribution in [0.3, 0.4) is 0 Å². The maximum atomic E-state index is 12.8. The molecule has 4 rings (SSSR count). The Morgan fingerprint density at radius 1 is 1.32 bits per heavy atom. The summed E-state index contributed by atoms with van der Waals surface area (Å²) in [5, 5.41) is 16.8. The number of nitrogens with zero attached hydrogens (tertiary/aromatic N) is 6. The molecule has 0 saturated carbocycles. The van der Waals surface area contributed by atoms with Gasteiger partial charge in [-0.2, -0.15) is 5.10 Å². The smallest absolute Gasteiger partial charge is 0.226 e. The Kier molecular flexibility index (Phi) is 8.92. The van der Waals surface area contributed by atoms with Gasteiger partial charge >= 0.3 is 0 Å². The second kappa shape index (κ2) is 11.1. The third kappa shape index (κ3) is 4.70. The van der Waals surface area contributed by atoms with Crippen molar-refractivity contribution in [3.05, 3.63) is 40.8 Å². The van der Waals surface area contributed by atoms with E-state index in [0.29, 0.717) is 5.82 Å². The third-order valence-corrected chi connectivity index (χ3v) is 6.56. The molecular formula is C25H41N7O2. The molecule has 188 valence electrons. The van der Waals surface area contributed by atoms with Gasteiger partial charge < -0.3 is 10.0 Å². The number of carbonyl (C=O) groups is 1. The molecule has 0 amide bonds. The van der Waals surface area contributed by atoms with Gasteiger partial charge in [-0.3, -0.25) is 4.68 Å². The minimum Gasteiger partial charge on any atom is -0.317 e. The normalized spacial score (nSPS) is 22.2. The fourth-order valence-corrected chi connectivity index (χ4v) is 5.10. The molecule has 2 aromatic heterocycles. The van der Waals surface area contributed by atoms with Crippen LogP contribution in [-0.4, -0.2) is 42.6 Å². The Bertz CT molecular complexity index is 1080. The summed E-state index contributed by atoms with van der Waals surface area (Å²) in [6.07, 6.45) is 5.31. The first-order valence-electron chi connectivity index (χ1n) is 12.5. The SMILES string of the molecule is CC.CNO.[3H]C.[C-]#[N+]C1=C[C@]2(C)c3nn(C)c(-c4ncn(C(C)C)n4)c3CC[C@H]2C(C)(C)C1=O. The molecule has 0 spiro atoms. The lowest BCUT2D eigenvalue weighted by molar-refractivity contribution is -0.128. The van der Waals surface area contributed by atoms with E-state index in [-0.39, 0.29) is 23.4 Å². The summed E-state index contributed by atoms with van der Waals surface area (Å²) in [5.74, 6) is 0.726. The lowest BCUT2D eigenvalue weighted by Gasteiger charge is -2.49. The van der Waals surface area contributed by atoms with Crippen LogP contribution in [0.4, 0.5) is 0 Å². The molecule has 9 heteroatoms. The van der Waals surface area contributed by atoms with E-state index in [1.54, 1.807) is 11.8 Å². The molecule has 0 saturated heterocycles. The van der Waals surface area contributed by atoms with Crippen LogP contribution in [0.2, 0.25) is 0 Å². The van der Waals surface area contributed by atoms with Crippen molar-refractivity contribution < 1.29 is 11.4 Å². The summed E-state index contributed by atoms with van der Waals surface area (Å²) in [5.41, 5.74) is 3.95. The number of hydrogen-bond donors (Lipinski definition) is 2. The standard InChI is InChI=1S/C21H26N6O.C2H6.CH5NO.CH4/c1-12(2)27-11-23-19(25-27)16-13-8-9-15-20(3,4)18(28)14(22-6)10-21(15,5)17(13)24-26(16)7;1-2;1-2-3;/h10-12,15H,8-9H2,1-5,7H3;1-2H3;2-3H,1H3;1H4/t15-,21-;;;/m0.../s1/i;;;1T. The van der Waals surface area contributed by atoms with E-state index in [1.165, 1.54) is 14.5 Å². The Labute approximate surface area is 205 Å². The van der Waals surface area contributed by atoms with E-state index in [1.807, 2.05) is 50.2 Å². The van der Waals surface area contributed by atoms with E-state index >= 15 is 0 Å². The Hall–Kier alpha value is -2.83. The van der Waals surface area contributed by atoms with Crippen LogP contribution in [0.15, 0.2) is 18.1 Å². The molecule has 2 N–H and O–H groups in total. The van der Waals surface area contributed by atoms with Crippen molar-refractivity contribution in [1.82, 2.24) is 30.0 Å². The van der Waals surface area contributed by atoms with Gasteiger partial charge in [-0.1, -0.05) is 48.1 Å². The zero-order valence-electron chi connectivity index (χ0n) is 23.3. The first kappa shape index (κ1) is 27.4. The number of ketones is 1. The van der Waals surface area contributed by atoms with Crippen LogP contribution in [0, 0.1) is 17.9 Å². The van der Waals surface area contributed by atoms with Crippen LogP contribution in [-0.2, 0) is 23.7 Å². The van der Waals surface area contributed by atoms with Gasteiger partial charge in [0, 0.05) is 37.9 Å². The number of aromatic nitrogens is 5. The maximum Gasteiger partial charge on any atom is 0.226 e. The zero-order chi connectivity index (χ0) is 27.1. The van der Waals surface area contributed by atoms with Crippen LogP contribution < -0.4 is 5.48 Å². The van der Waals surface area contributed by atoms with Crippen LogP contribution in [0.25, 0.3) is 16.4 Å². The highest BCUT2D eigenvalue weighted by molar-refractivity contribution is 6.02. The lowest BCUT2D eigenvalue weighted by atomic mass is 9.53.